The van der Waals surface area contributed by atoms with E-state index in [-0.39, 0.29) is 6.61 Å². The molecule has 0 saturated carbocycles. The van der Waals surface area contributed by atoms with Gasteiger partial charge in [0.2, 0.25) is 0 Å². The molecule has 1 aromatic heterocycles. The lowest BCUT2D eigenvalue weighted by molar-refractivity contribution is 0.259. The van der Waals surface area contributed by atoms with Gasteiger partial charge in [0.05, 0.1) is 17.1 Å². The molecule has 1 heterocycles. The number of hydrogen-bond acceptors (Lipinski definition) is 3. The number of rotatable bonds is 4. The van der Waals surface area contributed by atoms with Crippen molar-refractivity contribution in [1.29, 1.82) is 0 Å². The van der Waals surface area contributed by atoms with Gasteiger partial charge in [-0.25, -0.2) is 0 Å². The Kier molecular flexibility index (Phi) is 4.04. The number of hydrogen-bond donors (Lipinski definition) is 1. The van der Waals surface area contributed by atoms with Gasteiger partial charge in [0.25, 0.3) is 0 Å². The van der Waals surface area contributed by atoms with Crippen LogP contribution < -0.4 is 4.74 Å². The molecule has 0 fully saturated rings. The van der Waals surface area contributed by atoms with Crippen LogP contribution >= 0.6 is 11.6 Å². The lowest BCUT2D eigenvalue weighted by Gasteiger charge is -2.12. The summed E-state index contributed by atoms with van der Waals surface area (Å²) in [4.78, 5) is 4.40. The van der Waals surface area contributed by atoms with Crippen LogP contribution in [0.3, 0.4) is 0 Å². The maximum absolute atomic E-state index is 9.36. The predicted octanol–water partition coefficient (Wildman–Crippen LogP) is 3.96. The lowest BCUT2D eigenvalue weighted by Crippen LogP contribution is -2.00. The molecule has 0 radical (unpaired) electrons. The first-order valence-electron chi connectivity index (χ1n) is 6.63. The Hall–Kier alpha value is -2.10. The van der Waals surface area contributed by atoms with Gasteiger partial charge in [0.1, 0.15) is 12.4 Å². The van der Waals surface area contributed by atoms with E-state index in [0.29, 0.717) is 22.9 Å². The molecule has 0 aliphatic heterocycles. The number of para-hydroxylation sites is 2. The van der Waals surface area contributed by atoms with Crippen LogP contribution in [-0.4, -0.2) is 10.1 Å². The molecule has 2 aromatic carbocycles. The second-order valence-electron chi connectivity index (χ2n) is 4.67. The van der Waals surface area contributed by atoms with Gasteiger partial charge in [-0.3, -0.25) is 4.98 Å². The minimum Gasteiger partial charge on any atom is -0.487 e. The number of halogens is 1. The average molecular weight is 300 g/mol. The van der Waals surface area contributed by atoms with E-state index in [0.717, 1.165) is 16.5 Å². The quantitative estimate of drug-likeness (QED) is 0.793. The molecule has 0 aliphatic carbocycles. The molecule has 3 nitrogen and oxygen atoms in total. The third kappa shape index (κ3) is 2.84. The summed E-state index contributed by atoms with van der Waals surface area (Å²) in [6, 6.07) is 15.2. The highest BCUT2D eigenvalue weighted by Gasteiger charge is 2.09. The summed E-state index contributed by atoms with van der Waals surface area (Å²) in [5.41, 5.74) is 2.57. The Labute approximate surface area is 127 Å². The smallest absolute Gasteiger partial charge is 0.143 e. The normalized spacial score (nSPS) is 10.8. The topological polar surface area (TPSA) is 42.4 Å². The van der Waals surface area contributed by atoms with Crippen LogP contribution in [0.5, 0.6) is 5.75 Å². The second-order valence-corrected chi connectivity index (χ2v) is 5.07. The van der Waals surface area contributed by atoms with Crippen molar-refractivity contribution < 1.29 is 9.84 Å². The van der Waals surface area contributed by atoms with E-state index in [4.69, 9.17) is 16.3 Å². The zero-order chi connectivity index (χ0) is 14.7. The molecule has 3 aromatic rings. The summed E-state index contributed by atoms with van der Waals surface area (Å²) in [6.45, 7) is 0.245. The first-order chi connectivity index (χ1) is 10.3. The van der Waals surface area contributed by atoms with E-state index in [1.807, 2.05) is 30.3 Å². The van der Waals surface area contributed by atoms with Crippen molar-refractivity contribution in [2.75, 3.05) is 0 Å². The number of fused-ring (bicyclic) bond motifs is 1. The van der Waals surface area contributed by atoms with Gasteiger partial charge < -0.3 is 9.84 Å². The summed E-state index contributed by atoms with van der Waals surface area (Å²) in [6.07, 6.45) is 1.76. The van der Waals surface area contributed by atoms with E-state index in [9.17, 15) is 5.11 Å². The average Bonchev–Trinajstić information content (AvgIpc) is 2.53. The summed E-state index contributed by atoms with van der Waals surface area (Å²) in [5, 5.41) is 10.9. The monoisotopic (exact) mass is 299 g/mol. The molecule has 106 valence electrons. The molecular weight excluding hydrogens is 286 g/mol. The van der Waals surface area contributed by atoms with Gasteiger partial charge in [-0.05, 0) is 12.1 Å². The maximum atomic E-state index is 9.36. The highest BCUT2D eigenvalue weighted by atomic mass is 35.5. The van der Waals surface area contributed by atoms with Crippen molar-refractivity contribution in [2.24, 2.45) is 0 Å². The van der Waals surface area contributed by atoms with Crippen molar-refractivity contribution >= 4 is 22.5 Å². The highest BCUT2D eigenvalue weighted by Crippen LogP contribution is 2.30. The first-order valence-corrected chi connectivity index (χ1v) is 7.01. The number of aromatic nitrogens is 1. The van der Waals surface area contributed by atoms with E-state index >= 15 is 0 Å². The number of aliphatic hydroxyl groups excluding tert-OH is 1. The molecule has 0 unspecified atom stereocenters. The molecule has 0 spiro atoms. The second kappa shape index (κ2) is 6.12. The fourth-order valence-electron chi connectivity index (χ4n) is 2.27. The van der Waals surface area contributed by atoms with Crippen molar-refractivity contribution in [1.82, 2.24) is 4.98 Å². The van der Waals surface area contributed by atoms with Gasteiger partial charge in [-0.2, -0.15) is 0 Å². The molecule has 0 saturated heterocycles. The Balaban J connectivity index is 1.91. The number of benzene rings is 2. The summed E-state index contributed by atoms with van der Waals surface area (Å²) < 4.78 is 5.82. The third-order valence-electron chi connectivity index (χ3n) is 3.31. The Morgan fingerprint density at radius 1 is 1.00 bits per heavy atom. The summed E-state index contributed by atoms with van der Waals surface area (Å²) >= 11 is 6.14. The lowest BCUT2D eigenvalue weighted by atomic mass is 10.1. The third-order valence-corrected chi connectivity index (χ3v) is 3.60. The van der Waals surface area contributed by atoms with E-state index in [1.54, 1.807) is 24.4 Å². The molecule has 4 heteroatoms. The molecule has 21 heavy (non-hydrogen) atoms. The van der Waals surface area contributed by atoms with E-state index in [2.05, 4.69) is 4.98 Å². The van der Waals surface area contributed by atoms with E-state index < -0.39 is 0 Å². The number of ether oxygens (including phenoxy) is 1. The summed E-state index contributed by atoms with van der Waals surface area (Å²) in [7, 11) is 0. The van der Waals surface area contributed by atoms with Gasteiger partial charge in [-0.1, -0.05) is 48.0 Å². The van der Waals surface area contributed by atoms with Crippen LogP contribution in [0, 0.1) is 0 Å². The van der Waals surface area contributed by atoms with Gasteiger partial charge in [0, 0.05) is 22.7 Å². The van der Waals surface area contributed by atoms with Crippen molar-refractivity contribution in [2.45, 2.75) is 13.2 Å². The van der Waals surface area contributed by atoms with Crippen LogP contribution in [0.1, 0.15) is 11.1 Å². The fraction of sp³-hybridized carbons (Fsp3) is 0.118. The Bertz CT molecular complexity index is 768. The van der Waals surface area contributed by atoms with Gasteiger partial charge >= 0.3 is 0 Å². The van der Waals surface area contributed by atoms with Crippen LogP contribution in [0.2, 0.25) is 5.02 Å². The number of pyridine rings is 1. The fourth-order valence-corrected chi connectivity index (χ4v) is 2.52. The van der Waals surface area contributed by atoms with Crippen molar-refractivity contribution in [3.05, 3.63) is 70.9 Å². The van der Waals surface area contributed by atoms with Crippen LogP contribution in [0.15, 0.2) is 54.7 Å². The minimum atomic E-state index is -0.107. The maximum Gasteiger partial charge on any atom is 0.143 e. The van der Waals surface area contributed by atoms with Gasteiger partial charge in [0.15, 0.2) is 0 Å². The largest absolute Gasteiger partial charge is 0.487 e. The van der Waals surface area contributed by atoms with Crippen LogP contribution in [-0.2, 0) is 13.2 Å². The standard InChI is InChI=1S/C17H14ClNO2/c18-15-8-2-5-13(10-20)17(15)21-11-14-6-1-4-12-7-3-9-19-16(12)14/h1-9,20H,10-11H2. The van der Waals surface area contributed by atoms with Gasteiger partial charge in [-0.15, -0.1) is 0 Å². The van der Waals surface area contributed by atoms with Crippen molar-refractivity contribution in [3.8, 4) is 5.75 Å². The molecule has 0 amide bonds. The molecule has 0 atom stereocenters. The number of aliphatic hydroxyl groups is 1. The molecule has 0 aliphatic rings. The summed E-state index contributed by atoms with van der Waals surface area (Å²) in [5.74, 6) is 0.523. The molecule has 1 N–H and O–H groups in total. The minimum absolute atomic E-state index is 0.107. The number of nitrogens with zero attached hydrogens (tertiary/aromatic N) is 1. The first kappa shape index (κ1) is 13.9. The van der Waals surface area contributed by atoms with E-state index in [1.165, 1.54) is 0 Å². The Morgan fingerprint density at radius 2 is 1.76 bits per heavy atom. The zero-order valence-electron chi connectivity index (χ0n) is 11.3. The molecule has 0 bridgehead atoms. The zero-order valence-corrected chi connectivity index (χ0v) is 12.0. The SMILES string of the molecule is OCc1cccc(Cl)c1OCc1cccc2cccnc12. The highest BCUT2D eigenvalue weighted by molar-refractivity contribution is 6.32. The Morgan fingerprint density at radius 3 is 2.62 bits per heavy atom. The van der Waals surface area contributed by atoms with Crippen LogP contribution in [0.4, 0.5) is 0 Å². The predicted molar refractivity (Wildman–Crippen MR) is 83.4 cm³/mol. The van der Waals surface area contributed by atoms with Crippen molar-refractivity contribution in [3.63, 3.8) is 0 Å². The van der Waals surface area contributed by atoms with Crippen LogP contribution in [0.25, 0.3) is 10.9 Å². The molecular formula is C17H14ClNO2. The molecule has 3 rings (SSSR count).